The largest absolute Gasteiger partial charge is 0.341 e. The molecule has 1 fully saturated rings. The summed E-state index contributed by atoms with van der Waals surface area (Å²) in [5.74, 6) is 1.20. The third-order valence-electron chi connectivity index (χ3n) is 5.13. The number of fused-ring (bicyclic) bond motifs is 3. The van der Waals surface area contributed by atoms with Gasteiger partial charge in [-0.1, -0.05) is 11.8 Å². The Labute approximate surface area is 161 Å². The highest BCUT2D eigenvalue weighted by molar-refractivity contribution is 8.00. The van der Waals surface area contributed by atoms with Crippen molar-refractivity contribution in [1.29, 1.82) is 0 Å². The van der Waals surface area contributed by atoms with Crippen LogP contribution in [0.2, 0.25) is 0 Å². The SMILES string of the molecule is Cc1nc(SCC(=O)N(C)[C@@H]2CCS(=O)(=O)C2)c2c3c(sc2n1)CCC3. The molecule has 2 aromatic heterocycles. The van der Waals surface area contributed by atoms with E-state index in [9.17, 15) is 13.2 Å². The molecule has 1 aliphatic heterocycles. The number of aryl methyl sites for hydroxylation is 3. The quantitative estimate of drug-likeness (QED) is 0.567. The third-order valence-corrected chi connectivity index (χ3v) is 9.02. The van der Waals surface area contributed by atoms with Gasteiger partial charge in [-0.3, -0.25) is 4.79 Å². The fraction of sp³-hybridized carbons (Fsp3) is 0.588. The zero-order chi connectivity index (χ0) is 18.5. The second kappa shape index (κ2) is 6.76. The fourth-order valence-corrected chi connectivity index (χ4v) is 7.86. The molecule has 3 heterocycles. The number of hydrogen-bond acceptors (Lipinski definition) is 7. The first-order valence-electron chi connectivity index (χ1n) is 8.72. The van der Waals surface area contributed by atoms with E-state index in [-0.39, 0.29) is 29.2 Å². The van der Waals surface area contributed by atoms with E-state index < -0.39 is 9.84 Å². The van der Waals surface area contributed by atoms with E-state index in [4.69, 9.17) is 0 Å². The van der Waals surface area contributed by atoms with Crippen molar-refractivity contribution < 1.29 is 13.2 Å². The topological polar surface area (TPSA) is 80.2 Å². The number of sulfone groups is 1. The highest BCUT2D eigenvalue weighted by Crippen LogP contribution is 2.40. The van der Waals surface area contributed by atoms with Gasteiger partial charge in [0.05, 0.1) is 17.3 Å². The van der Waals surface area contributed by atoms with Crippen LogP contribution in [0.1, 0.15) is 29.1 Å². The average Bonchev–Trinajstić information content (AvgIpc) is 3.25. The minimum Gasteiger partial charge on any atom is -0.341 e. The summed E-state index contributed by atoms with van der Waals surface area (Å²) in [7, 11) is -1.29. The Morgan fingerprint density at radius 1 is 1.35 bits per heavy atom. The van der Waals surface area contributed by atoms with Gasteiger partial charge in [0.1, 0.15) is 15.7 Å². The van der Waals surface area contributed by atoms with E-state index in [1.54, 1.807) is 23.3 Å². The second-order valence-electron chi connectivity index (χ2n) is 6.96. The van der Waals surface area contributed by atoms with Gasteiger partial charge in [-0.15, -0.1) is 11.3 Å². The van der Waals surface area contributed by atoms with Gasteiger partial charge in [-0.05, 0) is 38.2 Å². The summed E-state index contributed by atoms with van der Waals surface area (Å²) in [5.41, 5.74) is 1.36. The van der Waals surface area contributed by atoms with Crippen LogP contribution in [0.15, 0.2) is 5.03 Å². The van der Waals surface area contributed by atoms with Crippen molar-refractivity contribution >= 4 is 49.1 Å². The lowest BCUT2D eigenvalue weighted by Gasteiger charge is -2.23. The van der Waals surface area contributed by atoms with Crippen LogP contribution in [0.25, 0.3) is 10.2 Å². The van der Waals surface area contributed by atoms with Crippen LogP contribution in [0.5, 0.6) is 0 Å². The van der Waals surface area contributed by atoms with Gasteiger partial charge in [-0.25, -0.2) is 18.4 Å². The third kappa shape index (κ3) is 3.36. The number of thiophene rings is 1. The molecule has 140 valence electrons. The summed E-state index contributed by atoms with van der Waals surface area (Å²) in [5, 5.41) is 2.00. The molecule has 0 N–H and O–H groups in total. The standard InChI is InChI=1S/C17H21N3O3S3/c1-10-18-16(15-12-4-3-5-13(12)25-17(15)19-10)24-8-14(21)20(2)11-6-7-26(22,23)9-11/h11H,3-9H2,1-2H3/t11-/m1/s1. The molecule has 0 aromatic carbocycles. The van der Waals surface area contributed by atoms with Crippen LogP contribution in [0.3, 0.4) is 0 Å². The smallest absolute Gasteiger partial charge is 0.233 e. The molecule has 0 bridgehead atoms. The van der Waals surface area contributed by atoms with E-state index in [0.717, 1.165) is 33.9 Å². The van der Waals surface area contributed by atoms with Crippen LogP contribution in [-0.4, -0.2) is 59.5 Å². The minimum absolute atomic E-state index is 0.0478. The van der Waals surface area contributed by atoms with Crippen LogP contribution < -0.4 is 0 Å². The predicted molar refractivity (Wildman–Crippen MR) is 105 cm³/mol. The Morgan fingerprint density at radius 3 is 2.88 bits per heavy atom. The Bertz CT molecular complexity index is 984. The fourth-order valence-electron chi connectivity index (χ4n) is 3.68. The van der Waals surface area contributed by atoms with Crippen LogP contribution in [0, 0.1) is 6.92 Å². The van der Waals surface area contributed by atoms with Gasteiger partial charge in [0.2, 0.25) is 5.91 Å². The number of carbonyl (C=O) groups excluding carboxylic acids is 1. The van der Waals surface area contributed by atoms with Gasteiger partial charge in [0.15, 0.2) is 9.84 Å². The maximum absolute atomic E-state index is 12.6. The van der Waals surface area contributed by atoms with Crippen molar-refractivity contribution in [2.45, 2.75) is 43.7 Å². The first kappa shape index (κ1) is 18.2. The summed E-state index contributed by atoms with van der Waals surface area (Å²) in [6.07, 6.45) is 3.87. The monoisotopic (exact) mass is 411 g/mol. The summed E-state index contributed by atoms with van der Waals surface area (Å²) in [6, 6.07) is -0.203. The van der Waals surface area contributed by atoms with E-state index in [2.05, 4.69) is 9.97 Å². The van der Waals surface area contributed by atoms with Crippen molar-refractivity contribution in [1.82, 2.24) is 14.9 Å². The lowest BCUT2D eigenvalue weighted by atomic mass is 10.2. The minimum atomic E-state index is -2.99. The zero-order valence-electron chi connectivity index (χ0n) is 14.8. The van der Waals surface area contributed by atoms with Gasteiger partial charge in [0.25, 0.3) is 0 Å². The van der Waals surface area contributed by atoms with E-state index in [0.29, 0.717) is 6.42 Å². The number of nitrogens with zero attached hydrogens (tertiary/aromatic N) is 3. The maximum atomic E-state index is 12.6. The Balaban J connectivity index is 1.52. The van der Waals surface area contributed by atoms with Gasteiger partial charge >= 0.3 is 0 Å². The number of rotatable bonds is 4. The normalized spacial score (nSPS) is 21.2. The molecule has 1 saturated heterocycles. The van der Waals surface area contributed by atoms with Crippen molar-refractivity contribution in [3.05, 3.63) is 16.3 Å². The molecular weight excluding hydrogens is 390 g/mol. The van der Waals surface area contributed by atoms with E-state index >= 15 is 0 Å². The molecule has 6 nitrogen and oxygen atoms in total. The van der Waals surface area contributed by atoms with Crippen molar-refractivity contribution in [3.8, 4) is 0 Å². The summed E-state index contributed by atoms with van der Waals surface area (Å²) in [4.78, 5) is 25.8. The van der Waals surface area contributed by atoms with E-state index in [1.807, 2.05) is 6.92 Å². The predicted octanol–water partition coefficient (Wildman–Crippen LogP) is 2.23. The summed E-state index contributed by atoms with van der Waals surface area (Å²) >= 11 is 3.19. The molecule has 0 spiro atoms. The van der Waals surface area contributed by atoms with Crippen molar-refractivity contribution in [2.75, 3.05) is 24.3 Å². The summed E-state index contributed by atoms with van der Waals surface area (Å²) < 4.78 is 23.3. The molecule has 1 atom stereocenters. The van der Waals surface area contributed by atoms with Gasteiger partial charge < -0.3 is 4.90 Å². The molecule has 0 unspecified atom stereocenters. The first-order chi connectivity index (χ1) is 12.3. The molecule has 0 radical (unpaired) electrons. The van der Waals surface area contributed by atoms with E-state index in [1.165, 1.54) is 28.6 Å². The molecule has 0 saturated carbocycles. The Hall–Kier alpha value is -1.19. The first-order valence-corrected chi connectivity index (χ1v) is 12.3. The maximum Gasteiger partial charge on any atom is 0.233 e. The second-order valence-corrected chi connectivity index (χ2v) is 11.2. The molecule has 26 heavy (non-hydrogen) atoms. The lowest BCUT2D eigenvalue weighted by molar-refractivity contribution is -0.128. The highest BCUT2D eigenvalue weighted by Gasteiger charge is 2.32. The molecule has 1 aliphatic carbocycles. The molecule has 2 aliphatic rings. The van der Waals surface area contributed by atoms with Gasteiger partial charge in [-0.2, -0.15) is 0 Å². The van der Waals surface area contributed by atoms with Crippen molar-refractivity contribution in [2.24, 2.45) is 0 Å². The molecule has 9 heteroatoms. The Kier molecular flexibility index (Phi) is 4.73. The molecule has 1 amide bonds. The lowest BCUT2D eigenvalue weighted by Crippen LogP contribution is -2.38. The van der Waals surface area contributed by atoms with Gasteiger partial charge in [0, 0.05) is 23.4 Å². The number of carbonyl (C=O) groups is 1. The van der Waals surface area contributed by atoms with Crippen LogP contribution in [-0.2, 0) is 27.5 Å². The molecule has 2 aromatic rings. The molecule has 4 rings (SSSR count). The van der Waals surface area contributed by atoms with Crippen LogP contribution >= 0.6 is 23.1 Å². The molecular formula is C17H21N3O3S3. The Morgan fingerprint density at radius 2 is 2.15 bits per heavy atom. The number of aromatic nitrogens is 2. The number of amides is 1. The van der Waals surface area contributed by atoms with Crippen molar-refractivity contribution in [3.63, 3.8) is 0 Å². The average molecular weight is 412 g/mol. The highest BCUT2D eigenvalue weighted by atomic mass is 32.2. The number of thioether (sulfide) groups is 1. The van der Waals surface area contributed by atoms with Crippen LogP contribution in [0.4, 0.5) is 0 Å². The summed E-state index contributed by atoms with van der Waals surface area (Å²) in [6.45, 7) is 1.88. The zero-order valence-corrected chi connectivity index (χ0v) is 17.3. The number of hydrogen-bond donors (Lipinski definition) is 0.